The van der Waals surface area contributed by atoms with Crippen molar-refractivity contribution in [1.29, 1.82) is 0 Å². The van der Waals surface area contributed by atoms with Gasteiger partial charge in [-0.05, 0) is 42.9 Å². The van der Waals surface area contributed by atoms with Gasteiger partial charge in [0.1, 0.15) is 0 Å². The van der Waals surface area contributed by atoms with Crippen molar-refractivity contribution in [3.05, 3.63) is 11.6 Å². The second-order valence-electron chi connectivity index (χ2n) is 6.49. The Hall–Kier alpha value is -0.260. The highest BCUT2D eigenvalue weighted by Gasteiger charge is 2.39. The van der Waals surface area contributed by atoms with Crippen LogP contribution in [0.3, 0.4) is 0 Å². The number of allylic oxidation sites excluding steroid dienone is 2. The molecule has 1 unspecified atom stereocenters. The molecule has 82 valence electrons. The van der Waals surface area contributed by atoms with Gasteiger partial charge in [0.2, 0.25) is 0 Å². The van der Waals surface area contributed by atoms with Crippen LogP contribution in [-0.4, -0.2) is 0 Å². The van der Waals surface area contributed by atoms with E-state index in [1.54, 1.807) is 5.57 Å². The fourth-order valence-electron chi connectivity index (χ4n) is 2.23. The van der Waals surface area contributed by atoms with Crippen LogP contribution in [0.15, 0.2) is 11.6 Å². The number of rotatable bonds is 1. The summed E-state index contributed by atoms with van der Waals surface area (Å²) < 4.78 is 0. The van der Waals surface area contributed by atoms with Crippen LogP contribution in [0.2, 0.25) is 0 Å². The van der Waals surface area contributed by atoms with E-state index in [9.17, 15) is 0 Å². The molecular formula is C14H26. The van der Waals surface area contributed by atoms with E-state index in [1.807, 2.05) is 0 Å². The molecule has 0 heterocycles. The SMILES string of the molecule is CC1=CCC(C(C)(C)C(C)(C)C)CC1. The Labute approximate surface area is 89.8 Å². The molecule has 0 bridgehead atoms. The van der Waals surface area contributed by atoms with E-state index < -0.39 is 0 Å². The molecule has 0 heteroatoms. The van der Waals surface area contributed by atoms with Crippen molar-refractivity contribution in [3.8, 4) is 0 Å². The minimum Gasteiger partial charge on any atom is -0.0853 e. The zero-order valence-corrected chi connectivity index (χ0v) is 10.8. The highest BCUT2D eigenvalue weighted by Crippen LogP contribution is 2.48. The molecule has 0 saturated heterocycles. The summed E-state index contributed by atoms with van der Waals surface area (Å²) in [6, 6.07) is 0. The Kier molecular flexibility index (Phi) is 3.13. The zero-order chi connectivity index (χ0) is 11.0. The van der Waals surface area contributed by atoms with Crippen molar-refractivity contribution < 1.29 is 0 Å². The molecule has 1 rings (SSSR count). The Morgan fingerprint density at radius 3 is 2.07 bits per heavy atom. The lowest BCUT2D eigenvalue weighted by Gasteiger charge is -2.46. The van der Waals surface area contributed by atoms with Crippen LogP contribution in [0.1, 0.15) is 60.8 Å². The maximum Gasteiger partial charge on any atom is -0.0274 e. The van der Waals surface area contributed by atoms with Crippen LogP contribution in [0, 0.1) is 16.7 Å². The molecule has 0 spiro atoms. The lowest BCUT2D eigenvalue weighted by Crippen LogP contribution is -2.37. The Bertz CT molecular complexity index is 225. The van der Waals surface area contributed by atoms with Gasteiger partial charge in [-0.1, -0.05) is 46.3 Å². The predicted molar refractivity (Wildman–Crippen MR) is 64.3 cm³/mol. The van der Waals surface area contributed by atoms with E-state index in [2.05, 4.69) is 47.6 Å². The van der Waals surface area contributed by atoms with Gasteiger partial charge in [0.25, 0.3) is 0 Å². The molecule has 0 amide bonds. The van der Waals surface area contributed by atoms with E-state index in [0.29, 0.717) is 10.8 Å². The van der Waals surface area contributed by atoms with Crippen molar-refractivity contribution in [2.24, 2.45) is 16.7 Å². The molecule has 0 fully saturated rings. The van der Waals surface area contributed by atoms with Crippen LogP contribution in [0.4, 0.5) is 0 Å². The van der Waals surface area contributed by atoms with Crippen molar-refractivity contribution in [1.82, 2.24) is 0 Å². The summed E-state index contributed by atoms with van der Waals surface area (Å²) >= 11 is 0. The summed E-state index contributed by atoms with van der Waals surface area (Å²) in [5, 5.41) is 0. The van der Waals surface area contributed by atoms with Gasteiger partial charge >= 0.3 is 0 Å². The standard InChI is InChI=1S/C14H26/c1-11-7-9-12(10-8-11)14(5,6)13(2,3)4/h7,12H,8-10H2,1-6H3. The topological polar surface area (TPSA) is 0 Å². The Morgan fingerprint density at radius 2 is 1.71 bits per heavy atom. The molecule has 1 atom stereocenters. The quantitative estimate of drug-likeness (QED) is 0.526. The van der Waals surface area contributed by atoms with E-state index in [0.717, 1.165) is 5.92 Å². The molecule has 0 aromatic carbocycles. The lowest BCUT2D eigenvalue weighted by molar-refractivity contribution is 0.0481. The molecule has 14 heavy (non-hydrogen) atoms. The highest BCUT2D eigenvalue weighted by atomic mass is 14.4. The first-order valence-corrected chi connectivity index (χ1v) is 5.91. The molecule has 1 aliphatic carbocycles. The third kappa shape index (κ3) is 2.21. The third-order valence-corrected chi connectivity index (χ3v) is 4.59. The van der Waals surface area contributed by atoms with Crippen LogP contribution in [0.25, 0.3) is 0 Å². The van der Waals surface area contributed by atoms with E-state index in [1.165, 1.54) is 19.3 Å². The highest BCUT2D eigenvalue weighted by molar-refractivity contribution is 5.06. The average molecular weight is 194 g/mol. The largest absolute Gasteiger partial charge is 0.0853 e. The molecule has 0 aromatic heterocycles. The van der Waals surface area contributed by atoms with Gasteiger partial charge in [0, 0.05) is 0 Å². The second kappa shape index (κ2) is 3.72. The van der Waals surface area contributed by atoms with Gasteiger partial charge in [0.05, 0.1) is 0 Å². The summed E-state index contributed by atoms with van der Waals surface area (Å²) in [5.41, 5.74) is 2.45. The summed E-state index contributed by atoms with van der Waals surface area (Å²) in [7, 11) is 0. The zero-order valence-electron chi connectivity index (χ0n) is 10.8. The number of hydrogen-bond acceptors (Lipinski definition) is 0. The van der Waals surface area contributed by atoms with Crippen molar-refractivity contribution in [2.75, 3.05) is 0 Å². The molecular weight excluding hydrogens is 168 g/mol. The minimum atomic E-state index is 0.413. The average Bonchev–Trinajstić information content (AvgIpc) is 2.03. The van der Waals surface area contributed by atoms with Crippen LogP contribution in [-0.2, 0) is 0 Å². The maximum atomic E-state index is 2.45. The normalized spacial score (nSPS) is 24.7. The molecule has 0 radical (unpaired) electrons. The predicted octanol–water partition coefficient (Wildman–Crippen LogP) is 4.81. The van der Waals surface area contributed by atoms with Gasteiger partial charge < -0.3 is 0 Å². The van der Waals surface area contributed by atoms with Crippen LogP contribution < -0.4 is 0 Å². The van der Waals surface area contributed by atoms with Gasteiger partial charge in [-0.3, -0.25) is 0 Å². The lowest BCUT2D eigenvalue weighted by atomic mass is 9.59. The van der Waals surface area contributed by atoms with Crippen LogP contribution in [0.5, 0.6) is 0 Å². The summed E-state index contributed by atoms with van der Waals surface area (Å²) in [4.78, 5) is 0. The number of hydrogen-bond donors (Lipinski definition) is 0. The van der Waals surface area contributed by atoms with E-state index in [-0.39, 0.29) is 0 Å². The molecule has 0 nitrogen and oxygen atoms in total. The molecule has 1 aliphatic rings. The second-order valence-corrected chi connectivity index (χ2v) is 6.49. The molecule has 0 N–H and O–H groups in total. The van der Waals surface area contributed by atoms with Crippen molar-refractivity contribution in [2.45, 2.75) is 60.8 Å². The van der Waals surface area contributed by atoms with Gasteiger partial charge in [0.15, 0.2) is 0 Å². The van der Waals surface area contributed by atoms with E-state index in [4.69, 9.17) is 0 Å². The maximum absolute atomic E-state index is 2.45. The minimum absolute atomic E-state index is 0.413. The van der Waals surface area contributed by atoms with Gasteiger partial charge in [-0.15, -0.1) is 0 Å². The summed E-state index contributed by atoms with van der Waals surface area (Å²) in [6.45, 7) is 14.3. The van der Waals surface area contributed by atoms with Gasteiger partial charge in [-0.2, -0.15) is 0 Å². The first-order valence-electron chi connectivity index (χ1n) is 5.91. The Balaban J connectivity index is 2.75. The first-order chi connectivity index (χ1) is 6.25. The van der Waals surface area contributed by atoms with Crippen molar-refractivity contribution in [3.63, 3.8) is 0 Å². The summed E-state index contributed by atoms with van der Waals surface area (Å²) in [6.07, 6.45) is 6.43. The third-order valence-electron chi connectivity index (χ3n) is 4.59. The van der Waals surface area contributed by atoms with Crippen LogP contribution >= 0.6 is 0 Å². The first kappa shape index (κ1) is 11.8. The van der Waals surface area contributed by atoms with Gasteiger partial charge in [-0.25, -0.2) is 0 Å². The molecule has 0 aliphatic heterocycles. The Morgan fingerprint density at radius 1 is 1.14 bits per heavy atom. The van der Waals surface area contributed by atoms with Crippen molar-refractivity contribution >= 4 is 0 Å². The summed E-state index contributed by atoms with van der Waals surface area (Å²) in [5.74, 6) is 0.867. The molecule has 0 aromatic rings. The van der Waals surface area contributed by atoms with E-state index >= 15 is 0 Å². The molecule has 0 saturated carbocycles. The fraction of sp³-hybridized carbons (Fsp3) is 0.857. The fourth-order valence-corrected chi connectivity index (χ4v) is 2.23. The monoisotopic (exact) mass is 194 g/mol. The smallest absolute Gasteiger partial charge is 0.0274 e.